The van der Waals surface area contributed by atoms with Crippen LogP contribution in [0.5, 0.6) is 0 Å². The molecule has 100 valence electrons. The summed E-state index contributed by atoms with van der Waals surface area (Å²) in [6.07, 6.45) is -0.997. The number of nitrogens with zero attached hydrogens (tertiary/aromatic N) is 1. The fourth-order valence-corrected chi connectivity index (χ4v) is 1.91. The molecule has 1 aromatic carbocycles. The number of aliphatic hydroxyl groups excluding tert-OH is 1. The second-order valence-corrected chi connectivity index (χ2v) is 4.51. The normalized spacial score (nSPS) is 14.1. The van der Waals surface area contributed by atoms with Gasteiger partial charge in [-0.1, -0.05) is 18.2 Å². The molecule has 0 saturated carbocycles. The first kappa shape index (κ1) is 13.3. The first-order valence-corrected chi connectivity index (χ1v) is 6.03. The van der Waals surface area contributed by atoms with Crippen molar-refractivity contribution in [3.05, 3.63) is 36.0 Å². The molecule has 0 aliphatic rings. The lowest BCUT2D eigenvalue weighted by molar-refractivity contribution is -0.140. The number of carboxylic acids is 1. The number of nitrogens with one attached hydrogen (secondary N) is 1. The van der Waals surface area contributed by atoms with Gasteiger partial charge in [0.05, 0.1) is 23.0 Å². The van der Waals surface area contributed by atoms with E-state index in [0.717, 1.165) is 10.9 Å². The molecule has 0 radical (unpaired) electrons. The number of anilines is 1. The maximum absolute atomic E-state index is 11.1. The number of pyridine rings is 1. The Morgan fingerprint density at radius 2 is 2.05 bits per heavy atom. The number of para-hydroxylation sites is 1. The number of aliphatic hydroxyl groups is 1. The Bertz CT molecular complexity index is 611. The number of aromatic nitrogens is 1. The molecular formula is C14H16N2O3. The highest BCUT2D eigenvalue weighted by Crippen LogP contribution is 2.21. The van der Waals surface area contributed by atoms with Gasteiger partial charge in [0.1, 0.15) is 0 Å². The Labute approximate surface area is 110 Å². The summed E-state index contributed by atoms with van der Waals surface area (Å²) in [5.41, 5.74) is 2.17. The van der Waals surface area contributed by atoms with E-state index >= 15 is 0 Å². The molecular weight excluding hydrogens is 244 g/mol. The van der Waals surface area contributed by atoms with Crippen molar-refractivity contribution in [2.24, 2.45) is 0 Å². The van der Waals surface area contributed by atoms with Crippen molar-refractivity contribution >= 4 is 22.6 Å². The number of hydrogen-bond acceptors (Lipinski definition) is 4. The molecule has 0 aliphatic carbocycles. The molecule has 5 heteroatoms. The lowest BCUT2D eigenvalue weighted by Gasteiger charge is -2.19. The van der Waals surface area contributed by atoms with E-state index in [0.29, 0.717) is 11.4 Å². The summed E-state index contributed by atoms with van der Waals surface area (Å²) in [4.78, 5) is 15.5. The van der Waals surface area contributed by atoms with Gasteiger partial charge in [0.15, 0.2) is 6.04 Å². The molecule has 0 fully saturated rings. The molecule has 0 bridgehead atoms. The minimum Gasteiger partial charge on any atom is -0.480 e. The van der Waals surface area contributed by atoms with Gasteiger partial charge in [0, 0.05) is 5.39 Å². The third-order valence-electron chi connectivity index (χ3n) is 2.97. The van der Waals surface area contributed by atoms with Crippen molar-refractivity contribution in [1.82, 2.24) is 4.98 Å². The van der Waals surface area contributed by atoms with Gasteiger partial charge in [-0.3, -0.25) is 4.98 Å². The monoisotopic (exact) mass is 260 g/mol. The molecule has 5 nitrogen and oxygen atoms in total. The fourth-order valence-electron chi connectivity index (χ4n) is 1.91. The van der Waals surface area contributed by atoms with Crippen molar-refractivity contribution in [2.75, 3.05) is 5.32 Å². The van der Waals surface area contributed by atoms with Crippen LogP contribution in [-0.4, -0.2) is 33.3 Å². The lowest BCUT2D eigenvalue weighted by atomic mass is 10.1. The van der Waals surface area contributed by atoms with Crippen LogP contribution in [0.25, 0.3) is 10.9 Å². The van der Waals surface area contributed by atoms with Gasteiger partial charge >= 0.3 is 5.97 Å². The van der Waals surface area contributed by atoms with Crippen LogP contribution in [0.2, 0.25) is 0 Å². The Kier molecular flexibility index (Phi) is 3.66. The molecule has 2 rings (SSSR count). The summed E-state index contributed by atoms with van der Waals surface area (Å²) in [5, 5.41) is 22.3. The lowest BCUT2D eigenvalue weighted by Crippen LogP contribution is -2.39. The van der Waals surface area contributed by atoms with E-state index < -0.39 is 18.1 Å². The zero-order valence-electron chi connectivity index (χ0n) is 10.8. The van der Waals surface area contributed by atoms with Gasteiger partial charge in [-0.2, -0.15) is 0 Å². The number of fused-ring (bicyclic) bond motifs is 1. The molecule has 1 unspecified atom stereocenters. The zero-order chi connectivity index (χ0) is 14.0. The molecule has 0 amide bonds. The van der Waals surface area contributed by atoms with Crippen LogP contribution in [0, 0.1) is 6.92 Å². The molecule has 0 saturated heterocycles. The maximum Gasteiger partial charge on any atom is 0.328 e. The van der Waals surface area contributed by atoms with Crippen LogP contribution in [0.4, 0.5) is 5.69 Å². The number of aryl methyl sites for hydroxylation is 1. The largest absolute Gasteiger partial charge is 0.480 e. The standard InChI is InChI=1S/C14H16N2O3/c1-8-12(16-13(9(2)17)14(18)19)7-10-5-3-4-6-11(10)15-8/h3-7,9,13,16-17H,1-2H3,(H,18,19)/t9?,13-/m0/s1. The minimum atomic E-state index is -1.09. The highest BCUT2D eigenvalue weighted by atomic mass is 16.4. The van der Waals surface area contributed by atoms with Crippen molar-refractivity contribution in [1.29, 1.82) is 0 Å². The Morgan fingerprint density at radius 1 is 1.37 bits per heavy atom. The molecule has 19 heavy (non-hydrogen) atoms. The van der Waals surface area contributed by atoms with Crippen molar-refractivity contribution in [2.45, 2.75) is 26.0 Å². The van der Waals surface area contributed by atoms with Crippen LogP contribution in [0.3, 0.4) is 0 Å². The number of carbonyl (C=O) groups is 1. The number of carboxylic acid groups (broad SMARTS) is 1. The predicted octanol–water partition coefficient (Wildman–Crippen LogP) is 1.79. The summed E-state index contributed by atoms with van der Waals surface area (Å²) in [6.45, 7) is 3.24. The topological polar surface area (TPSA) is 82.5 Å². The molecule has 2 aromatic rings. The summed E-state index contributed by atoms with van der Waals surface area (Å²) in [7, 11) is 0. The van der Waals surface area contributed by atoms with Crippen LogP contribution in [0.1, 0.15) is 12.6 Å². The molecule has 1 aromatic heterocycles. The SMILES string of the molecule is Cc1nc2ccccc2cc1N[C@H](C(=O)O)C(C)O. The summed E-state index contributed by atoms with van der Waals surface area (Å²) in [6, 6.07) is 8.39. The third kappa shape index (κ3) is 2.82. The minimum absolute atomic E-state index is 0.618. The van der Waals surface area contributed by atoms with E-state index in [1.807, 2.05) is 30.3 Å². The van der Waals surface area contributed by atoms with E-state index in [9.17, 15) is 9.90 Å². The highest BCUT2D eigenvalue weighted by molar-refractivity contribution is 5.84. The third-order valence-corrected chi connectivity index (χ3v) is 2.97. The molecule has 0 spiro atoms. The Hall–Kier alpha value is -2.14. The highest BCUT2D eigenvalue weighted by Gasteiger charge is 2.23. The zero-order valence-corrected chi connectivity index (χ0v) is 10.8. The van der Waals surface area contributed by atoms with Gasteiger partial charge in [0.2, 0.25) is 0 Å². The average molecular weight is 260 g/mol. The van der Waals surface area contributed by atoms with Crippen LogP contribution >= 0.6 is 0 Å². The van der Waals surface area contributed by atoms with Crippen molar-refractivity contribution in [3.8, 4) is 0 Å². The van der Waals surface area contributed by atoms with E-state index in [4.69, 9.17) is 5.11 Å². The van der Waals surface area contributed by atoms with Crippen LogP contribution < -0.4 is 5.32 Å². The maximum atomic E-state index is 11.1. The summed E-state index contributed by atoms with van der Waals surface area (Å²) >= 11 is 0. The Balaban J connectivity index is 2.39. The second kappa shape index (κ2) is 5.24. The molecule has 0 aliphatic heterocycles. The van der Waals surface area contributed by atoms with E-state index in [1.54, 1.807) is 6.92 Å². The number of benzene rings is 1. The quantitative estimate of drug-likeness (QED) is 0.780. The predicted molar refractivity (Wildman–Crippen MR) is 73.2 cm³/mol. The van der Waals surface area contributed by atoms with E-state index in [1.165, 1.54) is 6.92 Å². The smallest absolute Gasteiger partial charge is 0.328 e. The van der Waals surface area contributed by atoms with Gasteiger partial charge < -0.3 is 15.5 Å². The summed E-state index contributed by atoms with van der Waals surface area (Å²) in [5.74, 6) is -1.09. The number of aliphatic carboxylic acids is 1. The van der Waals surface area contributed by atoms with Gasteiger partial charge in [-0.25, -0.2) is 4.79 Å². The molecule has 2 atom stereocenters. The van der Waals surface area contributed by atoms with Crippen LogP contribution in [-0.2, 0) is 4.79 Å². The van der Waals surface area contributed by atoms with Crippen molar-refractivity contribution < 1.29 is 15.0 Å². The second-order valence-electron chi connectivity index (χ2n) is 4.51. The van der Waals surface area contributed by atoms with Crippen molar-refractivity contribution in [3.63, 3.8) is 0 Å². The number of hydrogen-bond donors (Lipinski definition) is 3. The molecule has 3 N–H and O–H groups in total. The van der Waals surface area contributed by atoms with Gasteiger partial charge in [-0.15, -0.1) is 0 Å². The van der Waals surface area contributed by atoms with Gasteiger partial charge in [0.25, 0.3) is 0 Å². The molecule has 1 heterocycles. The first-order valence-electron chi connectivity index (χ1n) is 6.03. The number of rotatable bonds is 4. The van der Waals surface area contributed by atoms with E-state index in [2.05, 4.69) is 10.3 Å². The van der Waals surface area contributed by atoms with Crippen LogP contribution in [0.15, 0.2) is 30.3 Å². The van der Waals surface area contributed by atoms with E-state index in [-0.39, 0.29) is 0 Å². The first-order chi connectivity index (χ1) is 8.99. The summed E-state index contributed by atoms with van der Waals surface area (Å²) < 4.78 is 0. The fraction of sp³-hybridized carbons (Fsp3) is 0.286. The van der Waals surface area contributed by atoms with Gasteiger partial charge in [-0.05, 0) is 26.0 Å². The Morgan fingerprint density at radius 3 is 2.68 bits per heavy atom. The average Bonchev–Trinajstić information content (AvgIpc) is 2.35.